The summed E-state index contributed by atoms with van der Waals surface area (Å²) < 4.78 is 23.5. The van der Waals surface area contributed by atoms with Crippen molar-refractivity contribution in [3.63, 3.8) is 0 Å². The zero-order valence-electron chi connectivity index (χ0n) is 12.1. The lowest BCUT2D eigenvalue weighted by molar-refractivity contribution is 0.295. The van der Waals surface area contributed by atoms with E-state index in [2.05, 4.69) is 19.2 Å². The molecule has 112 valence electrons. The molecule has 1 saturated carbocycles. The van der Waals surface area contributed by atoms with Crippen LogP contribution >= 0.6 is 11.3 Å². The van der Waals surface area contributed by atoms with Crippen molar-refractivity contribution in [3.05, 3.63) is 15.6 Å². The van der Waals surface area contributed by atoms with Gasteiger partial charge in [0.15, 0.2) is 0 Å². The molecule has 2 heterocycles. The Hall–Kier alpha value is -0.460. The fourth-order valence-corrected chi connectivity index (χ4v) is 5.62. The third-order valence-corrected chi connectivity index (χ3v) is 7.24. The summed E-state index contributed by atoms with van der Waals surface area (Å²) >= 11 is 1.75. The van der Waals surface area contributed by atoms with Crippen LogP contribution in [0.1, 0.15) is 48.2 Å². The van der Waals surface area contributed by atoms with E-state index in [1.165, 1.54) is 17.7 Å². The third kappa shape index (κ3) is 2.78. The predicted molar refractivity (Wildman–Crippen MR) is 82.0 cm³/mol. The van der Waals surface area contributed by atoms with Crippen molar-refractivity contribution in [2.75, 3.05) is 11.5 Å². The standard InChI is InChI=1S/C14H22N2O2S2/c1-3-12-10(2)19-13(15-12)14(16-11-4-5-11)6-8-20(17,18)9-7-14/h11,16H,3-9H2,1-2H3. The molecule has 1 aromatic heterocycles. The van der Waals surface area contributed by atoms with Crippen LogP contribution in [0.25, 0.3) is 0 Å². The van der Waals surface area contributed by atoms with Crippen molar-refractivity contribution in [1.29, 1.82) is 0 Å². The van der Waals surface area contributed by atoms with Crippen LogP contribution in [-0.4, -0.2) is 30.9 Å². The van der Waals surface area contributed by atoms with E-state index < -0.39 is 9.84 Å². The van der Waals surface area contributed by atoms with E-state index in [-0.39, 0.29) is 17.0 Å². The number of nitrogens with one attached hydrogen (secondary N) is 1. The molecule has 6 heteroatoms. The molecule has 1 N–H and O–H groups in total. The lowest BCUT2D eigenvalue weighted by Crippen LogP contribution is -2.49. The van der Waals surface area contributed by atoms with Gasteiger partial charge in [0, 0.05) is 10.9 Å². The summed E-state index contributed by atoms with van der Waals surface area (Å²) in [4.78, 5) is 6.09. The Balaban J connectivity index is 1.92. The van der Waals surface area contributed by atoms with Crippen molar-refractivity contribution in [1.82, 2.24) is 10.3 Å². The molecule has 0 unspecified atom stereocenters. The van der Waals surface area contributed by atoms with Crippen LogP contribution in [0.2, 0.25) is 0 Å². The molecule has 0 radical (unpaired) electrons. The first-order valence-corrected chi connectivity index (χ1v) is 10.0. The van der Waals surface area contributed by atoms with Crippen molar-refractivity contribution in [3.8, 4) is 0 Å². The lowest BCUT2D eigenvalue weighted by atomic mass is 9.92. The summed E-state index contributed by atoms with van der Waals surface area (Å²) in [7, 11) is -2.85. The van der Waals surface area contributed by atoms with E-state index in [1.54, 1.807) is 11.3 Å². The van der Waals surface area contributed by atoms with Gasteiger partial charge in [-0.1, -0.05) is 6.92 Å². The molecular formula is C14H22N2O2S2. The normalized spacial score (nSPS) is 24.7. The summed E-state index contributed by atoms with van der Waals surface area (Å²) in [6.07, 6.45) is 4.70. The Morgan fingerprint density at radius 2 is 2.00 bits per heavy atom. The number of aryl methyl sites for hydroxylation is 2. The summed E-state index contributed by atoms with van der Waals surface area (Å²) in [5.41, 5.74) is 0.963. The molecule has 0 spiro atoms. The van der Waals surface area contributed by atoms with Gasteiger partial charge < -0.3 is 5.32 Å². The molecular weight excluding hydrogens is 292 g/mol. The summed E-state index contributed by atoms with van der Waals surface area (Å²) in [6, 6.07) is 0.560. The average Bonchev–Trinajstić information content (AvgIpc) is 3.13. The second-order valence-corrected chi connectivity index (χ2v) is 9.53. The number of hydrogen-bond donors (Lipinski definition) is 1. The topological polar surface area (TPSA) is 59.1 Å². The highest BCUT2D eigenvalue weighted by atomic mass is 32.2. The third-order valence-electron chi connectivity index (χ3n) is 4.37. The highest BCUT2D eigenvalue weighted by molar-refractivity contribution is 7.91. The predicted octanol–water partition coefficient (Wildman–Crippen LogP) is 2.17. The molecule has 1 aliphatic carbocycles. The maximum atomic E-state index is 11.8. The number of sulfone groups is 1. The molecule has 2 fully saturated rings. The van der Waals surface area contributed by atoms with E-state index in [4.69, 9.17) is 4.98 Å². The molecule has 1 saturated heterocycles. The maximum Gasteiger partial charge on any atom is 0.150 e. The minimum absolute atomic E-state index is 0.199. The molecule has 2 aliphatic rings. The SMILES string of the molecule is CCc1nc(C2(NC3CC3)CCS(=O)(=O)CC2)sc1C. The molecule has 0 amide bonds. The Kier molecular flexibility index (Phi) is 3.67. The van der Waals surface area contributed by atoms with Gasteiger partial charge in [0.05, 0.1) is 22.7 Å². The van der Waals surface area contributed by atoms with Gasteiger partial charge in [-0.05, 0) is 39.0 Å². The molecule has 4 nitrogen and oxygen atoms in total. The smallest absolute Gasteiger partial charge is 0.150 e. The Morgan fingerprint density at radius 1 is 1.35 bits per heavy atom. The van der Waals surface area contributed by atoms with Gasteiger partial charge in [-0.2, -0.15) is 0 Å². The van der Waals surface area contributed by atoms with Crippen LogP contribution in [0.4, 0.5) is 0 Å². The number of thiazole rings is 1. The zero-order valence-corrected chi connectivity index (χ0v) is 13.7. The summed E-state index contributed by atoms with van der Waals surface area (Å²) in [6.45, 7) is 4.24. The quantitative estimate of drug-likeness (QED) is 0.925. The van der Waals surface area contributed by atoms with E-state index >= 15 is 0 Å². The van der Waals surface area contributed by atoms with Gasteiger partial charge in [-0.15, -0.1) is 11.3 Å². The van der Waals surface area contributed by atoms with E-state index in [9.17, 15) is 8.42 Å². The van der Waals surface area contributed by atoms with Crippen molar-refractivity contribution >= 4 is 21.2 Å². The number of nitrogens with zero attached hydrogens (tertiary/aromatic N) is 1. The minimum atomic E-state index is -2.85. The van der Waals surface area contributed by atoms with Crippen LogP contribution < -0.4 is 5.32 Å². The Morgan fingerprint density at radius 3 is 2.50 bits per heavy atom. The maximum absolute atomic E-state index is 11.8. The molecule has 1 aliphatic heterocycles. The fraction of sp³-hybridized carbons (Fsp3) is 0.786. The fourth-order valence-electron chi connectivity index (χ4n) is 2.89. The van der Waals surface area contributed by atoms with Crippen LogP contribution in [0.3, 0.4) is 0 Å². The monoisotopic (exact) mass is 314 g/mol. The first kappa shape index (κ1) is 14.5. The molecule has 3 rings (SSSR count). The van der Waals surface area contributed by atoms with Crippen LogP contribution in [0.15, 0.2) is 0 Å². The molecule has 0 aromatic carbocycles. The molecule has 0 bridgehead atoms. The average molecular weight is 314 g/mol. The largest absolute Gasteiger partial charge is 0.303 e. The van der Waals surface area contributed by atoms with Gasteiger partial charge in [-0.3, -0.25) is 0 Å². The van der Waals surface area contributed by atoms with Gasteiger partial charge >= 0.3 is 0 Å². The van der Waals surface area contributed by atoms with Crippen molar-refractivity contribution in [2.45, 2.75) is 57.5 Å². The van der Waals surface area contributed by atoms with Crippen molar-refractivity contribution < 1.29 is 8.42 Å². The van der Waals surface area contributed by atoms with Gasteiger partial charge in [0.2, 0.25) is 0 Å². The number of hydrogen-bond acceptors (Lipinski definition) is 5. The van der Waals surface area contributed by atoms with Gasteiger partial charge in [0.25, 0.3) is 0 Å². The number of rotatable bonds is 4. The van der Waals surface area contributed by atoms with Crippen molar-refractivity contribution in [2.24, 2.45) is 0 Å². The van der Waals surface area contributed by atoms with E-state index in [1.807, 2.05) is 0 Å². The van der Waals surface area contributed by atoms with Gasteiger partial charge in [0.1, 0.15) is 14.8 Å². The molecule has 0 atom stereocenters. The first-order valence-electron chi connectivity index (χ1n) is 7.39. The highest BCUT2D eigenvalue weighted by Crippen LogP contribution is 2.40. The summed E-state index contributed by atoms with van der Waals surface area (Å²) in [5, 5.41) is 4.81. The summed E-state index contributed by atoms with van der Waals surface area (Å²) in [5.74, 6) is 0.569. The van der Waals surface area contributed by atoms with E-state index in [0.29, 0.717) is 18.9 Å². The second kappa shape index (κ2) is 5.07. The minimum Gasteiger partial charge on any atom is -0.303 e. The zero-order chi connectivity index (χ0) is 14.4. The first-order chi connectivity index (χ1) is 9.44. The van der Waals surface area contributed by atoms with E-state index in [0.717, 1.165) is 17.1 Å². The second-order valence-electron chi connectivity index (χ2n) is 6.03. The Bertz CT molecular complexity index is 589. The van der Waals surface area contributed by atoms with Crippen LogP contribution in [0.5, 0.6) is 0 Å². The Labute approximate surface area is 124 Å². The van der Waals surface area contributed by atoms with Crippen LogP contribution in [0, 0.1) is 6.92 Å². The number of aromatic nitrogens is 1. The van der Waals surface area contributed by atoms with Crippen LogP contribution in [-0.2, 0) is 21.8 Å². The molecule has 20 heavy (non-hydrogen) atoms. The lowest BCUT2D eigenvalue weighted by Gasteiger charge is -2.36. The highest BCUT2D eigenvalue weighted by Gasteiger charge is 2.44. The van der Waals surface area contributed by atoms with Gasteiger partial charge in [-0.25, -0.2) is 13.4 Å². The molecule has 1 aromatic rings.